The number of esters is 1. The molecule has 0 saturated heterocycles. The molecule has 0 aliphatic carbocycles. The molecule has 19 heavy (non-hydrogen) atoms. The molecule has 0 spiro atoms. The Morgan fingerprint density at radius 3 is 2.95 bits per heavy atom. The second-order valence-electron chi connectivity index (χ2n) is 3.96. The maximum Gasteiger partial charge on any atom is 0.341 e. The summed E-state index contributed by atoms with van der Waals surface area (Å²) in [6.07, 6.45) is 1.48. The fourth-order valence-corrected chi connectivity index (χ4v) is 2.73. The van der Waals surface area contributed by atoms with Crippen molar-refractivity contribution in [2.75, 3.05) is 6.61 Å². The lowest BCUT2D eigenvalue weighted by atomic mass is 10.2. The highest BCUT2D eigenvalue weighted by Gasteiger charge is 2.18. The number of rotatable bonds is 3. The first kappa shape index (κ1) is 13.3. The molecule has 0 radical (unpaired) electrons. The Hall–Kier alpha value is -2.13. The molecule has 2 aromatic heterocycles. The van der Waals surface area contributed by atoms with Crippen molar-refractivity contribution in [1.82, 2.24) is 9.78 Å². The molecule has 0 aliphatic rings. The van der Waals surface area contributed by atoms with Gasteiger partial charge in [-0.2, -0.15) is 10.4 Å². The highest BCUT2D eigenvalue weighted by atomic mass is 32.1. The number of ether oxygens (including phenoxy) is 1. The van der Waals surface area contributed by atoms with Gasteiger partial charge in [-0.1, -0.05) is 0 Å². The molecular weight excluding hydrogens is 262 g/mol. The molecule has 0 aliphatic heterocycles. The Bertz CT molecular complexity index is 664. The summed E-state index contributed by atoms with van der Waals surface area (Å²) in [6, 6.07) is 3.95. The molecule has 98 valence electrons. The smallest absolute Gasteiger partial charge is 0.341 e. The van der Waals surface area contributed by atoms with Gasteiger partial charge in [-0.25, -0.2) is 9.48 Å². The SMILES string of the molecule is CCOC(=O)c1cnn(-c2sc(C)cc2C#N)c1C. The fraction of sp³-hybridized carbons (Fsp3) is 0.308. The number of aromatic nitrogens is 2. The van der Waals surface area contributed by atoms with Gasteiger partial charge in [0, 0.05) is 4.88 Å². The van der Waals surface area contributed by atoms with Crippen LogP contribution in [-0.2, 0) is 4.74 Å². The largest absolute Gasteiger partial charge is 0.462 e. The third-order valence-corrected chi connectivity index (χ3v) is 3.68. The lowest BCUT2D eigenvalue weighted by Gasteiger charge is -2.03. The predicted molar refractivity (Wildman–Crippen MR) is 71.6 cm³/mol. The van der Waals surface area contributed by atoms with E-state index in [0.29, 0.717) is 23.4 Å². The average molecular weight is 275 g/mol. The summed E-state index contributed by atoms with van der Waals surface area (Å²) in [6.45, 7) is 5.80. The lowest BCUT2D eigenvalue weighted by molar-refractivity contribution is 0.0525. The van der Waals surface area contributed by atoms with E-state index in [-0.39, 0.29) is 0 Å². The molecule has 0 aromatic carbocycles. The maximum atomic E-state index is 11.7. The minimum Gasteiger partial charge on any atom is -0.462 e. The standard InChI is InChI=1S/C13H13N3O2S/c1-4-18-13(17)11-7-15-16(9(11)3)12-10(6-14)5-8(2)19-12/h5,7H,4H2,1-3H3. The van der Waals surface area contributed by atoms with Crippen LogP contribution in [0.15, 0.2) is 12.3 Å². The molecule has 2 rings (SSSR count). The predicted octanol–water partition coefficient (Wildman–Crippen LogP) is 2.60. The van der Waals surface area contributed by atoms with E-state index in [9.17, 15) is 4.79 Å². The number of nitrogens with zero attached hydrogens (tertiary/aromatic N) is 3. The number of hydrogen-bond donors (Lipinski definition) is 0. The van der Waals surface area contributed by atoms with Crippen molar-refractivity contribution in [2.24, 2.45) is 0 Å². The molecule has 2 aromatic rings. The first-order valence-corrected chi connectivity index (χ1v) is 6.62. The molecule has 0 saturated carbocycles. The zero-order chi connectivity index (χ0) is 14.0. The number of aryl methyl sites for hydroxylation is 1. The molecule has 0 fully saturated rings. The Kier molecular flexibility index (Phi) is 3.67. The maximum absolute atomic E-state index is 11.7. The molecule has 0 bridgehead atoms. The second kappa shape index (κ2) is 5.24. The molecular formula is C13H13N3O2S. The molecule has 0 atom stereocenters. The highest BCUT2D eigenvalue weighted by molar-refractivity contribution is 7.14. The minimum atomic E-state index is -0.391. The quantitative estimate of drug-likeness (QED) is 0.807. The van der Waals surface area contributed by atoms with Gasteiger partial charge >= 0.3 is 5.97 Å². The van der Waals surface area contributed by atoms with Gasteiger partial charge < -0.3 is 4.74 Å². The number of carbonyl (C=O) groups excluding carboxylic acids is 1. The molecule has 0 unspecified atom stereocenters. The number of carbonyl (C=O) groups is 1. The topological polar surface area (TPSA) is 67.9 Å². The van der Waals surface area contributed by atoms with Crippen LogP contribution in [0, 0.1) is 25.2 Å². The van der Waals surface area contributed by atoms with Gasteiger partial charge in [-0.05, 0) is 26.8 Å². The van der Waals surface area contributed by atoms with E-state index in [4.69, 9.17) is 10.00 Å². The van der Waals surface area contributed by atoms with Crippen LogP contribution in [0.5, 0.6) is 0 Å². The summed E-state index contributed by atoms with van der Waals surface area (Å²) in [4.78, 5) is 12.8. The van der Waals surface area contributed by atoms with Gasteiger partial charge in [0.1, 0.15) is 16.6 Å². The van der Waals surface area contributed by atoms with Crippen LogP contribution in [-0.4, -0.2) is 22.4 Å². The third kappa shape index (κ3) is 2.37. The van der Waals surface area contributed by atoms with Gasteiger partial charge in [0.05, 0.1) is 24.1 Å². The third-order valence-electron chi connectivity index (χ3n) is 2.65. The highest BCUT2D eigenvalue weighted by Crippen LogP contribution is 2.27. The van der Waals surface area contributed by atoms with Crippen molar-refractivity contribution in [3.8, 4) is 11.1 Å². The monoisotopic (exact) mass is 275 g/mol. The lowest BCUT2D eigenvalue weighted by Crippen LogP contribution is -2.06. The van der Waals surface area contributed by atoms with Crippen molar-refractivity contribution in [3.63, 3.8) is 0 Å². The summed E-state index contributed by atoms with van der Waals surface area (Å²) < 4.78 is 6.58. The zero-order valence-electron chi connectivity index (χ0n) is 10.9. The van der Waals surface area contributed by atoms with E-state index in [0.717, 1.165) is 9.88 Å². The van der Waals surface area contributed by atoms with E-state index in [1.807, 2.05) is 13.0 Å². The minimum absolute atomic E-state index is 0.324. The molecule has 0 N–H and O–H groups in total. The zero-order valence-corrected chi connectivity index (χ0v) is 11.7. The van der Waals surface area contributed by atoms with Crippen LogP contribution in [0.25, 0.3) is 5.00 Å². The summed E-state index contributed by atoms with van der Waals surface area (Å²) in [7, 11) is 0. The summed E-state index contributed by atoms with van der Waals surface area (Å²) in [5.41, 5.74) is 1.66. The summed E-state index contributed by atoms with van der Waals surface area (Å²) >= 11 is 1.47. The molecule has 0 amide bonds. The van der Waals surface area contributed by atoms with Crippen molar-refractivity contribution >= 4 is 17.3 Å². The van der Waals surface area contributed by atoms with E-state index in [1.54, 1.807) is 18.5 Å². The fourth-order valence-electron chi connectivity index (χ4n) is 1.76. The second-order valence-corrected chi connectivity index (χ2v) is 5.20. The van der Waals surface area contributed by atoms with Crippen molar-refractivity contribution in [3.05, 3.63) is 34.0 Å². The normalized spacial score (nSPS) is 10.2. The molecule has 2 heterocycles. The first-order chi connectivity index (χ1) is 9.08. The van der Waals surface area contributed by atoms with Gasteiger partial charge in [-0.15, -0.1) is 11.3 Å². The Labute approximate surface area is 115 Å². The van der Waals surface area contributed by atoms with Gasteiger partial charge in [-0.3, -0.25) is 0 Å². The summed E-state index contributed by atoms with van der Waals surface area (Å²) in [5, 5.41) is 14.0. The number of nitriles is 1. The molecule has 5 nitrogen and oxygen atoms in total. The first-order valence-electron chi connectivity index (χ1n) is 5.81. The Balaban J connectivity index is 2.48. The average Bonchev–Trinajstić information content (AvgIpc) is 2.92. The molecule has 6 heteroatoms. The van der Waals surface area contributed by atoms with Crippen LogP contribution in [0.1, 0.15) is 33.4 Å². The summed E-state index contributed by atoms with van der Waals surface area (Å²) in [5.74, 6) is -0.391. The van der Waals surface area contributed by atoms with Crippen LogP contribution >= 0.6 is 11.3 Å². The van der Waals surface area contributed by atoms with Crippen LogP contribution in [0.3, 0.4) is 0 Å². The van der Waals surface area contributed by atoms with Gasteiger partial charge in [0.15, 0.2) is 0 Å². The van der Waals surface area contributed by atoms with Crippen LogP contribution in [0.4, 0.5) is 0 Å². The van der Waals surface area contributed by atoms with Gasteiger partial charge in [0.25, 0.3) is 0 Å². The number of hydrogen-bond acceptors (Lipinski definition) is 5. The number of thiophene rings is 1. The van der Waals surface area contributed by atoms with E-state index < -0.39 is 5.97 Å². The van der Waals surface area contributed by atoms with Gasteiger partial charge in [0.2, 0.25) is 0 Å². The van der Waals surface area contributed by atoms with Crippen molar-refractivity contribution < 1.29 is 9.53 Å². The van der Waals surface area contributed by atoms with E-state index in [2.05, 4.69) is 11.2 Å². The van der Waals surface area contributed by atoms with Crippen molar-refractivity contribution in [1.29, 1.82) is 5.26 Å². The van der Waals surface area contributed by atoms with Crippen molar-refractivity contribution in [2.45, 2.75) is 20.8 Å². The Morgan fingerprint density at radius 1 is 1.58 bits per heavy atom. The van der Waals surface area contributed by atoms with Crippen LogP contribution in [0.2, 0.25) is 0 Å². The Morgan fingerprint density at radius 2 is 2.32 bits per heavy atom. The van der Waals surface area contributed by atoms with E-state index in [1.165, 1.54) is 17.5 Å². The van der Waals surface area contributed by atoms with Crippen LogP contribution < -0.4 is 0 Å². The van der Waals surface area contributed by atoms with E-state index >= 15 is 0 Å².